The van der Waals surface area contributed by atoms with Crippen molar-refractivity contribution in [1.29, 1.82) is 0 Å². The number of aryl methyl sites for hydroxylation is 1. The summed E-state index contributed by atoms with van der Waals surface area (Å²) in [7, 11) is 0. The molecule has 1 aromatic heterocycles. The molecular formula is C13H12N2O3. The molecule has 0 aliphatic heterocycles. The number of carbonyl (C=O) groups is 1. The van der Waals surface area contributed by atoms with Crippen LogP contribution in [0.25, 0.3) is 0 Å². The van der Waals surface area contributed by atoms with Crippen molar-refractivity contribution in [2.75, 3.05) is 0 Å². The molecule has 2 rings (SSSR count). The third-order valence-electron chi connectivity index (χ3n) is 2.63. The Hall–Kier alpha value is -2.43. The molecule has 0 unspecified atom stereocenters. The molecule has 0 aliphatic carbocycles. The lowest BCUT2D eigenvalue weighted by Gasteiger charge is -2.09. The summed E-state index contributed by atoms with van der Waals surface area (Å²) >= 11 is 0. The summed E-state index contributed by atoms with van der Waals surface area (Å²) in [5.41, 5.74) is 2.00. The van der Waals surface area contributed by atoms with E-state index in [-0.39, 0.29) is 11.6 Å². The fraction of sp³-hybridized carbons (Fsp3) is 0.154. The summed E-state index contributed by atoms with van der Waals surface area (Å²) in [5.74, 6) is -0.232. The average molecular weight is 244 g/mol. The minimum absolute atomic E-state index is 0.0923. The molecule has 2 aromatic rings. The molecule has 1 heterocycles. The zero-order valence-electron chi connectivity index (χ0n) is 10.0. The molecular weight excluding hydrogens is 232 g/mol. The van der Waals surface area contributed by atoms with Crippen LogP contribution < -0.4 is 4.74 Å². The van der Waals surface area contributed by atoms with Gasteiger partial charge in [0.25, 0.3) is 0 Å². The van der Waals surface area contributed by atoms with Crippen molar-refractivity contribution in [3.8, 4) is 11.6 Å². The van der Waals surface area contributed by atoms with Crippen molar-refractivity contribution in [2.24, 2.45) is 0 Å². The largest absolute Gasteiger partial charge is 0.477 e. The van der Waals surface area contributed by atoms with Crippen LogP contribution in [0.4, 0.5) is 0 Å². The van der Waals surface area contributed by atoms with Gasteiger partial charge in [-0.2, -0.15) is 0 Å². The Morgan fingerprint density at radius 3 is 2.78 bits per heavy atom. The van der Waals surface area contributed by atoms with E-state index in [0.717, 1.165) is 11.1 Å². The number of hydrogen-bond acceptors (Lipinski definition) is 4. The van der Waals surface area contributed by atoms with Crippen LogP contribution in [0.15, 0.2) is 30.6 Å². The number of aromatic nitrogens is 2. The van der Waals surface area contributed by atoms with E-state index in [2.05, 4.69) is 9.97 Å². The van der Waals surface area contributed by atoms with Crippen LogP contribution in [0.2, 0.25) is 0 Å². The molecule has 0 radical (unpaired) electrons. The molecule has 0 bridgehead atoms. The summed E-state index contributed by atoms with van der Waals surface area (Å²) in [6.45, 7) is 3.91. The smallest absolute Gasteiger partial charge is 0.354 e. The van der Waals surface area contributed by atoms with Gasteiger partial charge in [-0.05, 0) is 31.0 Å². The quantitative estimate of drug-likeness (QED) is 0.898. The number of carboxylic acid groups (broad SMARTS) is 1. The predicted molar refractivity (Wildman–Crippen MR) is 65.0 cm³/mol. The van der Waals surface area contributed by atoms with Crippen molar-refractivity contribution >= 4 is 5.97 Å². The second-order valence-corrected chi connectivity index (χ2v) is 3.85. The Bertz CT molecular complexity index is 597. The molecule has 1 N–H and O–H groups in total. The number of carboxylic acids is 1. The Balaban J connectivity index is 2.31. The van der Waals surface area contributed by atoms with Gasteiger partial charge in [-0.3, -0.25) is 0 Å². The summed E-state index contributed by atoms with van der Waals surface area (Å²) < 4.78 is 5.57. The van der Waals surface area contributed by atoms with Gasteiger partial charge in [0.1, 0.15) is 12.1 Å². The van der Waals surface area contributed by atoms with Gasteiger partial charge in [-0.15, -0.1) is 0 Å². The zero-order valence-corrected chi connectivity index (χ0v) is 10.0. The molecule has 0 spiro atoms. The maximum absolute atomic E-state index is 10.8. The molecule has 1 aromatic carbocycles. The minimum atomic E-state index is -1.11. The molecule has 92 valence electrons. The third-order valence-corrected chi connectivity index (χ3v) is 2.63. The molecule has 0 saturated heterocycles. The van der Waals surface area contributed by atoms with Crippen molar-refractivity contribution in [3.63, 3.8) is 0 Å². The van der Waals surface area contributed by atoms with E-state index in [1.807, 2.05) is 32.0 Å². The molecule has 5 heteroatoms. The van der Waals surface area contributed by atoms with E-state index in [9.17, 15) is 4.79 Å². The van der Waals surface area contributed by atoms with Gasteiger partial charge < -0.3 is 9.84 Å². The summed E-state index contributed by atoms with van der Waals surface area (Å²) in [6, 6.07) is 6.96. The number of hydrogen-bond donors (Lipinski definition) is 1. The minimum Gasteiger partial charge on any atom is -0.477 e. The molecule has 5 nitrogen and oxygen atoms in total. The maximum Gasteiger partial charge on any atom is 0.354 e. The first-order chi connectivity index (χ1) is 8.58. The lowest BCUT2D eigenvalue weighted by molar-refractivity contribution is 0.0689. The first-order valence-corrected chi connectivity index (χ1v) is 5.37. The van der Waals surface area contributed by atoms with E-state index >= 15 is 0 Å². The molecule has 18 heavy (non-hydrogen) atoms. The number of nitrogens with zero attached hydrogens (tertiary/aromatic N) is 2. The normalized spacial score (nSPS) is 10.1. The number of aromatic carboxylic acids is 1. The Morgan fingerprint density at radius 2 is 2.06 bits per heavy atom. The van der Waals surface area contributed by atoms with E-state index in [4.69, 9.17) is 9.84 Å². The van der Waals surface area contributed by atoms with E-state index in [1.165, 1.54) is 12.4 Å². The van der Waals surface area contributed by atoms with Gasteiger partial charge in [0.05, 0.1) is 0 Å². The summed E-state index contributed by atoms with van der Waals surface area (Å²) in [6.07, 6.45) is 1.17. The molecule has 0 atom stereocenters. The molecule has 0 saturated carbocycles. The van der Waals surface area contributed by atoms with Crippen LogP contribution >= 0.6 is 0 Å². The number of ether oxygens (including phenoxy) is 1. The van der Waals surface area contributed by atoms with Gasteiger partial charge in [0, 0.05) is 6.07 Å². The van der Waals surface area contributed by atoms with Crippen LogP contribution in [0.1, 0.15) is 21.6 Å². The van der Waals surface area contributed by atoms with Crippen molar-refractivity contribution < 1.29 is 14.6 Å². The second-order valence-electron chi connectivity index (χ2n) is 3.85. The first kappa shape index (κ1) is 12.0. The van der Waals surface area contributed by atoms with Crippen molar-refractivity contribution in [2.45, 2.75) is 13.8 Å². The summed E-state index contributed by atoms with van der Waals surface area (Å²) in [4.78, 5) is 18.3. The highest BCUT2D eigenvalue weighted by Gasteiger charge is 2.09. The topological polar surface area (TPSA) is 72.3 Å². The molecule has 0 fully saturated rings. The van der Waals surface area contributed by atoms with Gasteiger partial charge in [0.15, 0.2) is 5.69 Å². The Morgan fingerprint density at radius 1 is 1.28 bits per heavy atom. The van der Waals surface area contributed by atoms with Crippen LogP contribution in [0.3, 0.4) is 0 Å². The average Bonchev–Trinajstić information content (AvgIpc) is 2.35. The predicted octanol–water partition coefficient (Wildman–Crippen LogP) is 2.58. The van der Waals surface area contributed by atoms with E-state index in [1.54, 1.807) is 0 Å². The van der Waals surface area contributed by atoms with Gasteiger partial charge in [-0.1, -0.05) is 12.1 Å². The molecule has 0 aliphatic rings. The van der Waals surface area contributed by atoms with Gasteiger partial charge in [-0.25, -0.2) is 14.8 Å². The lowest BCUT2D eigenvalue weighted by atomic mass is 10.1. The molecule has 0 amide bonds. The highest BCUT2D eigenvalue weighted by atomic mass is 16.5. The van der Waals surface area contributed by atoms with Crippen molar-refractivity contribution in [1.82, 2.24) is 9.97 Å². The Kier molecular flexibility index (Phi) is 3.23. The van der Waals surface area contributed by atoms with Gasteiger partial charge >= 0.3 is 5.97 Å². The summed E-state index contributed by atoms with van der Waals surface area (Å²) in [5, 5.41) is 8.83. The fourth-order valence-corrected chi connectivity index (χ4v) is 1.46. The second kappa shape index (κ2) is 4.83. The first-order valence-electron chi connectivity index (χ1n) is 5.37. The van der Waals surface area contributed by atoms with Crippen molar-refractivity contribution in [3.05, 3.63) is 47.4 Å². The standard InChI is InChI=1S/C13H12N2O3/c1-8-4-3-5-11(9(8)2)18-12-6-10(13(16)17)14-7-15-12/h3-7H,1-2H3,(H,16,17). The highest BCUT2D eigenvalue weighted by molar-refractivity contribution is 5.85. The zero-order chi connectivity index (χ0) is 13.1. The van der Waals surface area contributed by atoms with E-state index < -0.39 is 5.97 Å². The SMILES string of the molecule is Cc1cccc(Oc2cc(C(=O)O)ncn2)c1C. The fourth-order valence-electron chi connectivity index (χ4n) is 1.46. The third kappa shape index (κ3) is 2.45. The van der Waals surface area contributed by atoms with Crippen LogP contribution in [0, 0.1) is 13.8 Å². The maximum atomic E-state index is 10.8. The van der Waals surface area contributed by atoms with E-state index in [0.29, 0.717) is 5.75 Å². The monoisotopic (exact) mass is 244 g/mol. The van der Waals surface area contributed by atoms with Crippen LogP contribution in [0.5, 0.6) is 11.6 Å². The number of benzene rings is 1. The Labute approximate surface area is 104 Å². The highest BCUT2D eigenvalue weighted by Crippen LogP contribution is 2.25. The van der Waals surface area contributed by atoms with Gasteiger partial charge in [0.2, 0.25) is 5.88 Å². The lowest BCUT2D eigenvalue weighted by Crippen LogP contribution is -2.01. The number of rotatable bonds is 3. The van der Waals surface area contributed by atoms with Crippen LogP contribution in [-0.2, 0) is 0 Å². The van der Waals surface area contributed by atoms with Crippen LogP contribution in [-0.4, -0.2) is 21.0 Å².